The number of rotatable bonds is 8. The van der Waals surface area contributed by atoms with Crippen LogP contribution in [-0.2, 0) is 25.8 Å². The van der Waals surface area contributed by atoms with E-state index in [9.17, 15) is 14.4 Å². The van der Waals surface area contributed by atoms with Crippen LogP contribution in [0.15, 0.2) is 48.6 Å². The zero-order valence-corrected chi connectivity index (χ0v) is 23.5. The maximum atomic E-state index is 14.5. The predicted molar refractivity (Wildman–Crippen MR) is 150 cm³/mol. The average molecular weight is 566 g/mol. The molecule has 1 aromatic carbocycles. The number of likely N-dealkylation sites (tertiary alicyclic amines) is 1. The zero-order valence-electron chi connectivity index (χ0n) is 22.6. The van der Waals surface area contributed by atoms with Crippen molar-refractivity contribution in [2.75, 3.05) is 26.3 Å². The fraction of sp³-hybridized carbons (Fsp3) is 0.552. The molecule has 2 aromatic rings. The van der Waals surface area contributed by atoms with E-state index in [4.69, 9.17) is 9.84 Å². The van der Waals surface area contributed by atoms with Gasteiger partial charge in [-0.1, -0.05) is 54.5 Å². The molecule has 6 rings (SSSR count). The third kappa shape index (κ3) is 4.34. The number of cyclic esters (lactones) is 1. The summed E-state index contributed by atoms with van der Waals surface area (Å²) in [4.78, 5) is 45.6. The van der Waals surface area contributed by atoms with Crippen LogP contribution in [0.5, 0.6) is 0 Å². The summed E-state index contributed by atoms with van der Waals surface area (Å²) in [6.07, 6.45) is 11.8. The SMILES string of the molecule is C[C@@]12C=CCCOC(=O)[C@@H]1[C@H]1C(=O)N(CCCCCCO)C3C(=O)N(Cn4nnc5ccccc54)CC=C[C@@]31S2. The topological polar surface area (TPSA) is 118 Å². The van der Waals surface area contributed by atoms with Crippen molar-refractivity contribution in [3.63, 3.8) is 0 Å². The number of ether oxygens (including phenoxy) is 1. The van der Waals surface area contributed by atoms with Crippen molar-refractivity contribution in [2.24, 2.45) is 11.8 Å². The molecule has 1 spiro atoms. The molecular formula is C29H35N5O5S. The quantitative estimate of drug-likeness (QED) is 0.295. The van der Waals surface area contributed by atoms with Crippen LogP contribution in [0.2, 0.25) is 0 Å². The Bertz CT molecular complexity index is 1380. The smallest absolute Gasteiger partial charge is 0.311 e. The van der Waals surface area contributed by atoms with Crippen molar-refractivity contribution < 1.29 is 24.2 Å². The number of amides is 2. The van der Waals surface area contributed by atoms with Crippen molar-refractivity contribution in [2.45, 2.75) is 61.2 Å². The molecule has 1 unspecified atom stereocenters. The van der Waals surface area contributed by atoms with Gasteiger partial charge in [-0.25, -0.2) is 4.68 Å². The molecule has 4 aliphatic heterocycles. The van der Waals surface area contributed by atoms with Crippen LogP contribution in [0.1, 0.15) is 39.0 Å². The minimum Gasteiger partial charge on any atom is -0.465 e. The molecular weight excluding hydrogens is 530 g/mol. The number of fused-ring (bicyclic) bond motifs is 3. The average Bonchev–Trinajstić information content (AvgIpc) is 3.49. The number of aromatic nitrogens is 3. The van der Waals surface area contributed by atoms with E-state index in [0.717, 1.165) is 23.9 Å². The van der Waals surface area contributed by atoms with Gasteiger partial charge in [-0.15, -0.1) is 16.9 Å². The lowest BCUT2D eigenvalue weighted by Crippen LogP contribution is -2.53. The van der Waals surface area contributed by atoms with E-state index in [-0.39, 0.29) is 37.7 Å². The molecule has 4 aliphatic rings. The summed E-state index contributed by atoms with van der Waals surface area (Å²) in [5.41, 5.74) is 1.58. The van der Waals surface area contributed by atoms with E-state index < -0.39 is 27.4 Å². The molecule has 2 fully saturated rings. The van der Waals surface area contributed by atoms with Gasteiger partial charge in [-0.05, 0) is 38.3 Å². The van der Waals surface area contributed by atoms with Crippen LogP contribution in [0.3, 0.4) is 0 Å². The number of aliphatic hydroxyl groups excluding tert-OH is 1. The first-order valence-corrected chi connectivity index (χ1v) is 14.9. The first-order chi connectivity index (χ1) is 19.4. The Labute approximate surface area is 237 Å². The molecule has 2 amide bonds. The monoisotopic (exact) mass is 565 g/mol. The molecule has 1 N–H and O–H groups in total. The van der Waals surface area contributed by atoms with Gasteiger partial charge in [-0.3, -0.25) is 14.4 Å². The first kappa shape index (κ1) is 27.0. The summed E-state index contributed by atoms with van der Waals surface area (Å²) >= 11 is 1.56. The van der Waals surface area contributed by atoms with Crippen LogP contribution < -0.4 is 0 Å². The number of aliphatic hydroxyl groups is 1. The molecule has 212 valence electrons. The number of hydrogen-bond acceptors (Lipinski definition) is 8. The molecule has 0 bridgehead atoms. The highest BCUT2D eigenvalue weighted by atomic mass is 32.2. The highest BCUT2D eigenvalue weighted by Crippen LogP contribution is 2.65. The Morgan fingerprint density at radius 3 is 2.73 bits per heavy atom. The molecule has 5 atom stereocenters. The Hall–Kier alpha value is -3.18. The third-order valence-electron chi connectivity index (χ3n) is 8.64. The van der Waals surface area contributed by atoms with Crippen molar-refractivity contribution in [3.8, 4) is 0 Å². The normalized spacial score (nSPS) is 31.6. The lowest BCUT2D eigenvalue weighted by molar-refractivity contribution is -0.154. The number of thioether (sulfide) groups is 1. The molecule has 5 heterocycles. The zero-order chi connectivity index (χ0) is 27.9. The van der Waals surface area contributed by atoms with Gasteiger partial charge in [0.2, 0.25) is 11.8 Å². The van der Waals surface area contributed by atoms with E-state index in [1.807, 2.05) is 55.5 Å². The number of benzene rings is 1. The number of nitrogens with zero attached hydrogens (tertiary/aromatic N) is 5. The fourth-order valence-electron chi connectivity index (χ4n) is 6.83. The van der Waals surface area contributed by atoms with Crippen LogP contribution in [-0.4, -0.2) is 89.5 Å². The number of hydrogen-bond donors (Lipinski definition) is 1. The maximum Gasteiger partial charge on any atom is 0.311 e. The molecule has 0 aliphatic carbocycles. The van der Waals surface area contributed by atoms with Gasteiger partial charge in [0, 0.05) is 24.4 Å². The Kier molecular flexibility index (Phi) is 7.20. The van der Waals surface area contributed by atoms with Crippen LogP contribution in [0, 0.1) is 11.8 Å². The number of para-hydroxylation sites is 1. The van der Waals surface area contributed by atoms with E-state index in [1.165, 1.54) is 0 Å². The summed E-state index contributed by atoms with van der Waals surface area (Å²) in [6.45, 7) is 3.39. The Balaban J connectivity index is 1.37. The molecule has 10 nitrogen and oxygen atoms in total. The number of carbonyl (C=O) groups is 3. The summed E-state index contributed by atoms with van der Waals surface area (Å²) in [5, 5.41) is 17.7. The standard InChI is InChI=1S/C29H35N5O5S/c1-28-13-6-9-18-39-27(38)23(28)22-25(36)33(16-7-2-3-8-17-35)24-26(37)32(15-10-14-29(22,24)40-28)19-34-21-12-5-4-11-20(21)30-31-34/h4-6,10-14,22-24,35H,2-3,7-9,15-19H2,1H3/t22-,23-,24?,28+,29-/m0/s1. The summed E-state index contributed by atoms with van der Waals surface area (Å²) < 4.78 is 5.75. The maximum absolute atomic E-state index is 14.5. The highest BCUT2D eigenvalue weighted by molar-refractivity contribution is 8.02. The minimum absolute atomic E-state index is 0.137. The first-order valence-electron chi connectivity index (χ1n) is 14.1. The molecule has 40 heavy (non-hydrogen) atoms. The number of unbranched alkanes of at least 4 members (excludes halogenated alkanes) is 3. The van der Waals surface area contributed by atoms with E-state index in [1.54, 1.807) is 26.2 Å². The van der Waals surface area contributed by atoms with Crippen molar-refractivity contribution in [1.82, 2.24) is 24.8 Å². The Morgan fingerprint density at radius 2 is 1.88 bits per heavy atom. The third-order valence-corrected chi connectivity index (χ3v) is 10.4. The van der Waals surface area contributed by atoms with Gasteiger partial charge < -0.3 is 19.6 Å². The van der Waals surface area contributed by atoms with Gasteiger partial charge in [0.25, 0.3) is 0 Å². The molecule has 0 radical (unpaired) electrons. The fourth-order valence-corrected chi connectivity index (χ4v) is 8.99. The van der Waals surface area contributed by atoms with Gasteiger partial charge in [0.05, 0.1) is 28.7 Å². The number of esters is 1. The lowest BCUT2D eigenvalue weighted by Gasteiger charge is -2.37. The highest BCUT2D eigenvalue weighted by Gasteiger charge is 2.73. The van der Waals surface area contributed by atoms with Gasteiger partial charge in [0.1, 0.15) is 18.2 Å². The van der Waals surface area contributed by atoms with Gasteiger partial charge >= 0.3 is 5.97 Å². The van der Waals surface area contributed by atoms with E-state index in [0.29, 0.717) is 32.4 Å². The van der Waals surface area contributed by atoms with Gasteiger partial charge in [0.15, 0.2) is 0 Å². The van der Waals surface area contributed by atoms with Crippen molar-refractivity contribution >= 4 is 40.6 Å². The van der Waals surface area contributed by atoms with Crippen LogP contribution >= 0.6 is 11.8 Å². The van der Waals surface area contributed by atoms with E-state index in [2.05, 4.69) is 10.3 Å². The second-order valence-electron chi connectivity index (χ2n) is 11.2. The van der Waals surface area contributed by atoms with Crippen molar-refractivity contribution in [1.29, 1.82) is 0 Å². The minimum atomic E-state index is -0.897. The van der Waals surface area contributed by atoms with E-state index >= 15 is 0 Å². The summed E-state index contributed by atoms with van der Waals surface area (Å²) in [5.74, 6) is -2.07. The molecule has 1 aromatic heterocycles. The second kappa shape index (κ2) is 10.7. The lowest BCUT2D eigenvalue weighted by atomic mass is 9.74. The molecule has 11 heteroatoms. The van der Waals surface area contributed by atoms with Crippen molar-refractivity contribution in [3.05, 3.63) is 48.6 Å². The molecule has 2 saturated heterocycles. The predicted octanol–water partition coefficient (Wildman–Crippen LogP) is 2.53. The van der Waals surface area contributed by atoms with Crippen LogP contribution in [0.4, 0.5) is 0 Å². The Morgan fingerprint density at radius 1 is 1.05 bits per heavy atom. The summed E-state index contributed by atoms with van der Waals surface area (Å²) in [6, 6.07) is 6.86. The van der Waals surface area contributed by atoms with Gasteiger partial charge in [-0.2, -0.15) is 0 Å². The summed E-state index contributed by atoms with van der Waals surface area (Å²) in [7, 11) is 0. The number of carbonyl (C=O) groups excluding carboxylic acids is 3. The largest absolute Gasteiger partial charge is 0.465 e. The second-order valence-corrected chi connectivity index (χ2v) is 13.0. The molecule has 0 saturated carbocycles. The van der Waals surface area contributed by atoms with Crippen LogP contribution in [0.25, 0.3) is 11.0 Å².